The van der Waals surface area contributed by atoms with E-state index >= 15 is 0 Å². The maximum Gasteiger partial charge on any atom is 0.251 e. The molecular weight excluding hydrogens is 348 g/mol. The predicted molar refractivity (Wildman–Crippen MR) is 104 cm³/mol. The second kappa shape index (κ2) is 8.67. The van der Waals surface area contributed by atoms with Crippen LogP contribution < -0.4 is 14.8 Å². The molecule has 0 fully saturated rings. The van der Waals surface area contributed by atoms with Crippen molar-refractivity contribution >= 4 is 27.5 Å². The van der Waals surface area contributed by atoms with Crippen molar-refractivity contribution in [2.75, 3.05) is 20.3 Å². The van der Waals surface area contributed by atoms with E-state index in [1.807, 2.05) is 25.1 Å². The van der Waals surface area contributed by atoms with Crippen LogP contribution in [-0.2, 0) is 6.42 Å². The topological polar surface area (TPSA) is 60.5 Å². The van der Waals surface area contributed by atoms with Crippen LogP contribution in [-0.4, -0.2) is 31.2 Å². The Labute approximate surface area is 157 Å². The Kier molecular flexibility index (Phi) is 6.07. The minimum atomic E-state index is -0.115. The highest BCUT2D eigenvalue weighted by atomic mass is 32.1. The fourth-order valence-electron chi connectivity index (χ4n) is 2.65. The van der Waals surface area contributed by atoms with Gasteiger partial charge in [0.1, 0.15) is 0 Å². The average Bonchev–Trinajstić information content (AvgIpc) is 3.08. The number of para-hydroxylation sites is 1. The maximum atomic E-state index is 12.3. The molecule has 3 rings (SSSR count). The summed E-state index contributed by atoms with van der Waals surface area (Å²) in [6.45, 7) is 3.06. The first-order valence-electron chi connectivity index (χ1n) is 8.64. The lowest BCUT2D eigenvalue weighted by Gasteiger charge is -2.11. The van der Waals surface area contributed by atoms with Crippen molar-refractivity contribution in [3.8, 4) is 11.5 Å². The molecule has 1 amide bonds. The summed E-state index contributed by atoms with van der Waals surface area (Å²) in [6.07, 6.45) is 1.70. The molecule has 0 atom stereocenters. The van der Waals surface area contributed by atoms with Crippen molar-refractivity contribution in [2.24, 2.45) is 0 Å². The van der Waals surface area contributed by atoms with E-state index in [0.29, 0.717) is 30.2 Å². The molecule has 0 radical (unpaired) electrons. The molecule has 5 nitrogen and oxygen atoms in total. The predicted octanol–water partition coefficient (Wildman–Crippen LogP) is 4.07. The monoisotopic (exact) mass is 370 g/mol. The van der Waals surface area contributed by atoms with Gasteiger partial charge >= 0.3 is 0 Å². The van der Waals surface area contributed by atoms with Crippen molar-refractivity contribution in [1.29, 1.82) is 0 Å². The number of carbonyl (C=O) groups excluding carboxylic acids is 1. The SMILES string of the molecule is CCOc1ccc(C(=O)NCCCc2nc3ccccc3s2)cc1OC. The van der Waals surface area contributed by atoms with Crippen LogP contribution >= 0.6 is 11.3 Å². The normalized spacial score (nSPS) is 10.7. The van der Waals surface area contributed by atoms with Gasteiger partial charge in [0, 0.05) is 18.5 Å². The van der Waals surface area contributed by atoms with Crippen LogP contribution in [0.1, 0.15) is 28.7 Å². The molecule has 0 aliphatic carbocycles. The highest BCUT2D eigenvalue weighted by Gasteiger charge is 2.11. The van der Waals surface area contributed by atoms with Crippen LogP contribution in [0.25, 0.3) is 10.2 Å². The summed E-state index contributed by atoms with van der Waals surface area (Å²) in [5, 5.41) is 4.05. The van der Waals surface area contributed by atoms with Crippen molar-refractivity contribution in [3.05, 3.63) is 53.0 Å². The highest BCUT2D eigenvalue weighted by molar-refractivity contribution is 7.18. The van der Waals surface area contributed by atoms with Gasteiger partial charge in [-0.1, -0.05) is 12.1 Å². The Balaban J connectivity index is 1.52. The quantitative estimate of drug-likeness (QED) is 0.607. The summed E-state index contributed by atoms with van der Waals surface area (Å²) in [6, 6.07) is 13.3. The molecule has 26 heavy (non-hydrogen) atoms. The molecule has 0 aliphatic heterocycles. The first-order chi connectivity index (χ1) is 12.7. The number of methoxy groups -OCH3 is 1. The van der Waals surface area contributed by atoms with Gasteiger partial charge in [0.05, 0.1) is 28.9 Å². The molecule has 136 valence electrons. The van der Waals surface area contributed by atoms with E-state index in [9.17, 15) is 4.79 Å². The first-order valence-corrected chi connectivity index (χ1v) is 9.46. The van der Waals surface area contributed by atoms with Gasteiger partial charge in [0.15, 0.2) is 11.5 Å². The summed E-state index contributed by atoms with van der Waals surface area (Å²) in [5.74, 6) is 1.09. The minimum Gasteiger partial charge on any atom is -0.493 e. The van der Waals surface area contributed by atoms with E-state index in [1.165, 1.54) is 4.70 Å². The Bertz CT molecular complexity index is 859. The lowest BCUT2D eigenvalue weighted by atomic mass is 10.2. The molecule has 1 aromatic heterocycles. The van der Waals surface area contributed by atoms with Crippen LogP contribution in [0.15, 0.2) is 42.5 Å². The van der Waals surface area contributed by atoms with Crippen molar-refractivity contribution in [2.45, 2.75) is 19.8 Å². The standard InChI is InChI=1S/C20H22N2O3S/c1-3-25-16-11-10-14(13-17(16)24-2)20(23)21-12-6-9-19-22-15-7-4-5-8-18(15)26-19/h4-5,7-8,10-11,13H,3,6,9,12H2,1-2H3,(H,21,23). The Morgan fingerprint density at radius 1 is 1.19 bits per heavy atom. The van der Waals surface area contributed by atoms with Crippen LogP contribution in [0.2, 0.25) is 0 Å². The number of carbonyl (C=O) groups is 1. The number of hydrogen-bond acceptors (Lipinski definition) is 5. The third-order valence-corrected chi connectivity index (χ3v) is 5.01. The molecule has 0 bridgehead atoms. The molecule has 0 saturated heterocycles. The fraction of sp³-hybridized carbons (Fsp3) is 0.300. The van der Waals surface area contributed by atoms with E-state index < -0.39 is 0 Å². The van der Waals surface area contributed by atoms with Gasteiger partial charge in [-0.2, -0.15) is 0 Å². The molecule has 2 aromatic carbocycles. The second-order valence-electron chi connectivity index (χ2n) is 5.73. The number of nitrogens with one attached hydrogen (secondary N) is 1. The van der Waals surface area contributed by atoms with E-state index in [1.54, 1.807) is 36.6 Å². The smallest absolute Gasteiger partial charge is 0.251 e. The molecule has 0 spiro atoms. The zero-order valence-electron chi connectivity index (χ0n) is 15.0. The maximum absolute atomic E-state index is 12.3. The molecule has 6 heteroatoms. The second-order valence-corrected chi connectivity index (χ2v) is 6.85. The molecule has 3 aromatic rings. The van der Waals surface area contributed by atoms with Gasteiger partial charge in [0.2, 0.25) is 0 Å². The Morgan fingerprint density at radius 3 is 2.81 bits per heavy atom. The minimum absolute atomic E-state index is 0.115. The lowest BCUT2D eigenvalue weighted by Crippen LogP contribution is -2.24. The molecular formula is C20H22N2O3S. The highest BCUT2D eigenvalue weighted by Crippen LogP contribution is 2.28. The van der Waals surface area contributed by atoms with Gasteiger partial charge < -0.3 is 14.8 Å². The van der Waals surface area contributed by atoms with Crippen LogP contribution in [0.5, 0.6) is 11.5 Å². The summed E-state index contributed by atoms with van der Waals surface area (Å²) < 4.78 is 12.0. The van der Waals surface area contributed by atoms with Gasteiger partial charge in [-0.05, 0) is 43.7 Å². The molecule has 1 heterocycles. The largest absolute Gasteiger partial charge is 0.493 e. The Hall–Kier alpha value is -2.60. The summed E-state index contributed by atoms with van der Waals surface area (Å²) in [4.78, 5) is 16.9. The van der Waals surface area contributed by atoms with Gasteiger partial charge in [0.25, 0.3) is 5.91 Å². The number of hydrogen-bond donors (Lipinski definition) is 1. The van der Waals surface area contributed by atoms with Crippen molar-refractivity contribution in [1.82, 2.24) is 10.3 Å². The van der Waals surface area contributed by atoms with Crippen LogP contribution in [0, 0.1) is 0 Å². The number of benzene rings is 2. The third-order valence-electron chi connectivity index (χ3n) is 3.92. The average molecular weight is 370 g/mol. The van der Waals surface area contributed by atoms with Gasteiger partial charge in [-0.25, -0.2) is 4.98 Å². The molecule has 0 saturated carbocycles. The zero-order valence-corrected chi connectivity index (χ0v) is 15.8. The number of nitrogens with zero attached hydrogens (tertiary/aromatic N) is 1. The summed E-state index contributed by atoms with van der Waals surface area (Å²) in [5.41, 5.74) is 1.60. The number of thiazole rings is 1. The van der Waals surface area contributed by atoms with Gasteiger partial charge in [-0.15, -0.1) is 11.3 Å². The number of ether oxygens (including phenoxy) is 2. The van der Waals surface area contributed by atoms with Crippen molar-refractivity contribution < 1.29 is 14.3 Å². The zero-order chi connectivity index (χ0) is 18.4. The van der Waals surface area contributed by atoms with E-state index in [4.69, 9.17) is 9.47 Å². The summed E-state index contributed by atoms with van der Waals surface area (Å²) >= 11 is 1.71. The third kappa shape index (κ3) is 4.32. The van der Waals surface area contributed by atoms with E-state index in [0.717, 1.165) is 23.4 Å². The number of amides is 1. The lowest BCUT2D eigenvalue weighted by molar-refractivity contribution is 0.0953. The molecule has 0 aliphatic rings. The molecule has 1 N–H and O–H groups in total. The number of aryl methyl sites for hydroxylation is 1. The van der Waals surface area contributed by atoms with Gasteiger partial charge in [-0.3, -0.25) is 4.79 Å². The van der Waals surface area contributed by atoms with E-state index in [-0.39, 0.29) is 5.91 Å². The number of aromatic nitrogens is 1. The van der Waals surface area contributed by atoms with Crippen LogP contribution in [0.4, 0.5) is 0 Å². The first kappa shape index (κ1) is 18.2. The van der Waals surface area contributed by atoms with Crippen LogP contribution in [0.3, 0.4) is 0 Å². The summed E-state index contributed by atoms with van der Waals surface area (Å²) in [7, 11) is 1.57. The number of rotatable bonds is 8. The fourth-order valence-corrected chi connectivity index (χ4v) is 3.66. The molecule has 0 unspecified atom stereocenters. The van der Waals surface area contributed by atoms with Crippen molar-refractivity contribution in [3.63, 3.8) is 0 Å². The Morgan fingerprint density at radius 2 is 2.04 bits per heavy atom. The van der Waals surface area contributed by atoms with E-state index in [2.05, 4.69) is 16.4 Å². The number of fused-ring (bicyclic) bond motifs is 1.